The molecule has 0 spiro atoms. The Morgan fingerprint density at radius 1 is 1.47 bits per heavy atom. The van der Waals surface area contributed by atoms with Gasteiger partial charge in [-0.1, -0.05) is 37.6 Å². The molecule has 0 saturated carbocycles. The molecule has 6 heteroatoms. The van der Waals surface area contributed by atoms with E-state index in [-0.39, 0.29) is 0 Å². The minimum atomic E-state index is -2.94. The Labute approximate surface area is 113 Å². The summed E-state index contributed by atoms with van der Waals surface area (Å²) in [4.78, 5) is 21.4. The van der Waals surface area contributed by atoms with Crippen molar-refractivity contribution in [1.82, 2.24) is 0 Å². The van der Waals surface area contributed by atoms with E-state index in [1.54, 1.807) is 6.07 Å². The number of benzene rings is 1. The summed E-state index contributed by atoms with van der Waals surface area (Å²) in [5.74, 6) is -3.53. The molecule has 0 aromatic heterocycles. The molecule has 0 saturated heterocycles. The SMILES string of the molecule is CCCc1ccccc1C(C(N)=O)[P+](O)(S)S. The fourth-order valence-electron chi connectivity index (χ4n) is 1.81. The Morgan fingerprint density at radius 3 is 2.53 bits per heavy atom. The molecular weight excluding hydrogens is 273 g/mol. The number of aryl methyl sites for hydroxylation is 1. The van der Waals surface area contributed by atoms with Crippen molar-refractivity contribution in [2.24, 2.45) is 5.73 Å². The zero-order valence-electron chi connectivity index (χ0n) is 9.58. The monoisotopic (exact) mass is 290 g/mol. The molecule has 0 radical (unpaired) electrons. The van der Waals surface area contributed by atoms with E-state index in [4.69, 9.17) is 5.73 Å². The van der Waals surface area contributed by atoms with Gasteiger partial charge in [-0.25, -0.2) is 4.89 Å². The minimum Gasteiger partial charge on any atom is -0.366 e. The third-order valence-corrected chi connectivity index (χ3v) is 5.10. The maximum absolute atomic E-state index is 11.5. The third kappa shape index (κ3) is 3.88. The van der Waals surface area contributed by atoms with Crippen LogP contribution in [-0.4, -0.2) is 10.8 Å². The lowest BCUT2D eigenvalue weighted by molar-refractivity contribution is -0.117. The highest BCUT2D eigenvalue weighted by Crippen LogP contribution is 2.74. The highest BCUT2D eigenvalue weighted by atomic mass is 33.1. The molecule has 0 bridgehead atoms. The summed E-state index contributed by atoms with van der Waals surface area (Å²) >= 11 is 8.09. The molecular formula is C11H17NO2PS2+. The van der Waals surface area contributed by atoms with Crippen molar-refractivity contribution in [3.8, 4) is 0 Å². The summed E-state index contributed by atoms with van der Waals surface area (Å²) in [6, 6.07) is 7.46. The lowest BCUT2D eigenvalue weighted by Crippen LogP contribution is -2.22. The van der Waals surface area contributed by atoms with Gasteiger partial charge in [-0.15, -0.1) is 0 Å². The second kappa shape index (κ2) is 6.10. The average molecular weight is 290 g/mol. The van der Waals surface area contributed by atoms with E-state index >= 15 is 0 Å². The first-order valence-electron chi connectivity index (χ1n) is 5.32. The first-order chi connectivity index (χ1) is 7.88. The van der Waals surface area contributed by atoms with Gasteiger partial charge >= 0.3 is 0 Å². The van der Waals surface area contributed by atoms with E-state index in [1.165, 1.54) is 0 Å². The predicted molar refractivity (Wildman–Crippen MR) is 79.5 cm³/mol. The molecule has 1 unspecified atom stereocenters. The van der Waals surface area contributed by atoms with Gasteiger partial charge in [0.1, 0.15) is 0 Å². The molecule has 1 aromatic rings. The van der Waals surface area contributed by atoms with Crippen molar-refractivity contribution < 1.29 is 9.69 Å². The van der Waals surface area contributed by atoms with Crippen LogP contribution >= 0.6 is 30.4 Å². The summed E-state index contributed by atoms with van der Waals surface area (Å²) < 4.78 is 0. The number of rotatable bonds is 5. The van der Waals surface area contributed by atoms with E-state index < -0.39 is 17.5 Å². The normalized spacial score (nSPS) is 13.4. The number of nitrogens with two attached hydrogens (primary N) is 1. The molecule has 0 aliphatic rings. The predicted octanol–water partition coefficient (Wildman–Crippen LogP) is 2.78. The molecule has 94 valence electrons. The van der Waals surface area contributed by atoms with Gasteiger partial charge in [-0.2, -0.15) is 0 Å². The van der Waals surface area contributed by atoms with Gasteiger partial charge in [0.05, 0.1) is 0 Å². The summed E-state index contributed by atoms with van der Waals surface area (Å²) in [6.45, 7) is 2.05. The highest BCUT2D eigenvalue weighted by Gasteiger charge is 2.45. The van der Waals surface area contributed by atoms with Crippen LogP contribution in [-0.2, 0) is 11.2 Å². The number of amides is 1. The molecule has 3 nitrogen and oxygen atoms in total. The number of primary amides is 1. The lowest BCUT2D eigenvalue weighted by Gasteiger charge is -2.19. The van der Waals surface area contributed by atoms with Crippen LogP contribution in [0, 0.1) is 0 Å². The molecule has 3 N–H and O–H groups in total. The Hall–Kier alpha value is -0.220. The summed E-state index contributed by atoms with van der Waals surface area (Å²) in [7, 11) is 0. The molecule has 0 heterocycles. The van der Waals surface area contributed by atoms with Gasteiger partial charge in [0.15, 0.2) is 0 Å². The Balaban J connectivity index is 3.23. The third-order valence-electron chi connectivity index (χ3n) is 2.48. The van der Waals surface area contributed by atoms with Crippen LogP contribution in [0.5, 0.6) is 0 Å². The Morgan fingerprint density at radius 2 is 2.06 bits per heavy atom. The zero-order chi connectivity index (χ0) is 13.1. The molecule has 0 aliphatic carbocycles. The maximum Gasteiger partial charge on any atom is 0.269 e. The zero-order valence-corrected chi connectivity index (χ0v) is 12.3. The van der Waals surface area contributed by atoms with Crippen LogP contribution in [0.2, 0.25) is 0 Å². The Kier molecular flexibility index (Phi) is 5.32. The summed E-state index contributed by atoms with van der Waals surface area (Å²) in [5.41, 5.74) is 6.28. The maximum atomic E-state index is 11.5. The average Bonchev–Trinajstić information content (AvgIpc) is 2.18. The molecule has 1 aromatic carbocycles. The highest BCUT2D eigenvalue weighted by molar-refractivity contribution is 8.83. The van der Waals surface area contributed by atoms with Gasteiger partial charge < -0.3 is 5.73 Å². The van der Waals surface area contributed by atoms with Crippen LogP contribution in [0.3, 0.4) is 0 Å². The van der Waals surface area contributed by atoms with Gasteiger partial charge in [0.2, 0.25) is 5.66 Å². The summed E-state index contributed by atoms with van der Waals surface area (Å²) in [5, 5.41) is 0. The van der Waals surface area contributed by atoms with E-state index in [9.17, 15) is 9.69 Å². The van der Waals surface area contributed by atoms with Gasteiger partial charge in [-0.05, 0) is 12.0 Å². The fraction of sp³-hybridized carbons (Fsp3) is 0.364. The molecule has 1 rings (SSSR count). The smallest absolute Gasteiger partial charge is 0.269 e. The molecule has 0 aliphatic heterocycles. The number of carbonyl (C=O) groups excluding carboxylic acids is 1. The fourth-order valence-corrected chi connectivity index (χ4v) is 4.20. The largest absolute Gasteiger partial charge is 0.366 e. The quantitative estimate of drug-likeness (QED) is 0.498. The second-order valence-electron chi connectivity index (χ2n) is 3.87. The number of hydrogen-bond acceptors (Lipinski definition) is 4. The second-order valence-corrected chi connectivity index (χ2v) is 10.2. The molecule has 0 fully saturated rings. The molecule has 17 heavy (non-hydrogen) atoms. The van der Waals surface area contributed by atoms with Crippen molar-refractivity contribution in [2.45, 2.75) is 25.4 Å². The number of carbonyl (C=O) groups is 1. The van der Waals surface area contributed by atoms with E-state index in [0.717, 1.165) is 24.0 Å². The van der Waals surface area contributed by atoms with Gasteiger partial charge in [0, 0.05) is 30.1 Å². The minimum absolute atomic E-state index is 0.589. The van der Waals surface area contributed by atoms with Crippen molar-refractivity contribution in [1.29, 1.82) is 0 Å². The standard InChI is InChI=1S/C11H16NO2PS2/c1-2-5-8-6-3-4-7-9(8)10(11(12)13)15(14,16)17/h3-4,6-7,10,14,16-17H,2,5H2,1H3,(H-,12,13)/p+1. The van der Waals surface area contributed by atoms with Crippen molar-refractivity contribution in [3.63, 3.8) is 0 Å². The van der Waals surface area contributed by atoms with Crippen molar-refractivity contribution in [3.05, 3.63) is 35.4 Å². The molecule has 1 amide bonds. The molecule has 1 atom stereocenters. The van der Waals surface area contributed by atoms with Gasteiger partial charge in [0.25, 0.3) is 11.8 Å². The van der Waals surface area contributed by atoms with E-state index in [1.807, 2.05) is 18.2 Å². The van der Waals surface area contributed by atoms with Crippen LogP contribution < -0.4 is 5.73 Å². The first-order valence-corrected chi connectivity index (χ1v) is 9.43. The number of hydrogen-bond donors (Lipinski definition) is 4. The summed E-state index contributed by atoms with van der Waals surface area (Å²) in [6.07, 6.45) is 1.79. The van der Waals surface area contributed by atoms with E-state index in [2.05, 4.69) is 31.4 Å². The first kappa shape index (κ1) is 14.8. The van der Waals surface area contributed by atoms with Crippen LogP contribution in [0.15, 0.2) is 24.3 Å². The number of thiol groups is 2. The van der Waals surface area contributed by atoms with Crippen molar-refractivity contribution in [2.75, 3.05) is 0 Å². The Bertz CT molecular complexity index is 407. The van der Waals surface area contributed by atoms with Crippen molar-refractivity contribution >= 4 is 36.3 Å². The van der Waals surface area contributed by atoms with Crippen LogP contribution in [0.1, 0.15) is 30.1 Å². The lowest BCUT2D eigenvalue weighted by atomic mass is 10.0. The van der Waals surface area contributed by atoms with Crippen LogP contribution in [0.25, 0.3) is 0 Å². The van der Waals surface area contributed by atoms with Crippen LogP contribution in [0.4, 0.5) is 0 Å². The van der Waals surface area contributed by atoms with E-state index in [0.29, 0.717) is 0 Å². The van der Waals surface area contributed by atoms with Gasteiger partial charge in [-0.3, -0.25) is 4.79 Å². The topological polar surface area (TPSA) is 63.3 Å².